The molecule has 0 atom stereocenters. The molecule has 1 heterocycles. The van der Waals surface area contributed by atoms with Crippen LogP contribution in [0, 0.1) is 6.92 Å². The number of carboxylic acid groups (broad SMARTS) is 2. The SMILES string of the molecule is CCN(C)CCCOc1cc(-c2nc(C(=O)NC3CCC(O)CC3)ccc2-c2ccccc2C)ccc1Cl.Cl.O=C(O)O. The van der Waals surface area contributed by atoms with Crippen LogP contribution in [0.3, 0.4) is 0 Å². The van der Waals surface area contributed by atoms with Gasteiger partial charge in [-0.15, -0.1) is 12.4 Å². The van der Waals surface area contributed by atoms with E-state index < -0.39 is 6.16 Å². The van der Waals surface area contributed by atoms with Gasteiger partial charge in [0.2, 0.25) is 0 Å². The van der Waals surface area contributed by atoms with Crippen LogP contribution in [0.2, 0.25) is 5.02 Å². The zero-order valence-electron chi connectivity index (χ0n) is 24.8. The number of nitrogens with one attached hydrogen (secondary N) is 1. The predicted molar refractivity (Wildman–Crippen MR) is 172 cm³/mol. The summed E-state index contributed by atoms with van der Waals surface area (Å²) in [6.07, 6.45) is 1.75. The van der Waals surface area contributed by atoms with Crippen molar-refractivity contribution in [1.29, 1.82) is 0 Å². The second-order valence-corrected chi connectivity index (χ2v) is 10.8. The van der Waals surface area contributed by atoms with Crippen LogP contribution in [-0.2, 0) is 0 Å². The van der Waals surface area contributed by atoms with Crippen LogP contribution in [0.25, 0.3) is 22.4 Å². The lowest BCUT2D eigenvalue weighted by Gasteiger charge is -2.26. The number of benzene rings is 2. The summed E-state index contributed by atoms with van der Waals surface area (Å²) in [7, 11) is 2.09. The number of hydrogen-bond donors (Lipinski definition) is 4. The van der Waals surface area contributed by atoms with Crippen molar-refractivity contribution < 1.29 is 29.6 Å². The summed E-state index contributed by atoms with van der Waals surface area (Å²) in [4.78, 5) is 28.9. The van der Waals surface area contributed by atoms with Gasteiger partial charge in [0, 0.05) is 23.7 Å². The summed E-state index contributed by atoms with van der Waals surface area (Å²) in [5.41, 5.74) is 5.03. The first kappa shape index (κ1) is 35.8. The Kier molecular flexibility index (Phi) is 14.7. The largest absolute Gasteiger partial charge is 0.503 e. The highest BCUT2D eigenvalue weighted by Crippen LogP contribution is 2.36. The van der Waals surface area contributed by atoms with Crippen molar-refractivity contribution in [2.75, 3.05) is 26.7 Å². The fourth-order valence-corrected chi connectivity index (χ4v) is 4.99. The molecule has 234 valence electrons. The zero-order chi connectivity index (χ0) is 30.6. The second-order valence-electron chi connectivity index (χ2n) is 10.4. The number of nitrogens with zero attached hydrogens (tertiary/aromatic N) is 2. The van der Waals surface area contributed by atoms with Gasteiger partial charge in [-0.05, 0) is 88.0 Å². The highest BCUT2D eigenvalue weighted by molar-refractivity contribution is 6.32. The molecule has 1 aliphatic carbocycles. The van der Waals surface area contributed by atoms with E-state index in [9.17, 15) is 9.90 Å². The minimum absolute atomic E-state index is 0. The van der Waals surface area contributed by atoms with Gasteiger partial charge in [-0.3, -0.25) is 4.79 Å². The molecule has 1 saturated carbocycles. The molecular weight excluding hydrogens is 593 g/mol. The van der Waals surface area contributed by atoms with E-state index in [0.29, 0.717) is 41.6 Å². The second kappa shape index (κ2) is 17.7. The van der Waals surface area contributed by atoms with Crippen molar-refractivity contribution in [3.63, 3.8) is 0 Å². The Morgan fingerprint density at radius 2 is 1.72 bits per heavy atom. The van der Waals surface area contributed by atoms with E-state index in [-0.39, 0.29) is 30.5 Å². The van der Waals surface area contributed by atoms with Crippen LogP contribution in [0.15, 0.2) is 54.6 Å². The number of ether oxygens (including phenoxy) is 1. The van der Waals surface area contributed by atoms with Crippen LogP contribution in [0.1, 0.15) is 55.1 Å². The summed E-state index contributed by atoms with van der Waals surface area (Å²) in [6.45, 7) is 6.71. The molecule has 0 spiro atoms. The fraction of sp³-hybridized carbons (Fsp3) is 0.406. The molecule has 0 radical (unpaired) electrons. The lowest BCUT2D eigenvalue weighted by molar-refractivity contribution is 0.0863. The highest BCUT2D eigenvalue weighted by atomic mass is 35.5. The minimum atomic E-state index is -1.83. The quantitative estimate of drug-likeness (QED) is 0.180. The molecule has 0 unspecified atom stereocenters. The van der Waals surface area contributed by atoms with Crippen molar-refractivity contribution in [2.24, 2.45) is 0 Å². The first-order valence-corrected chi connectivity index (χ1v) is 14.6. The number of aromatic nitrogens is 1. The molecule has 43 heavy (non-hydrogen) atoms. The molecule has 0 aliphatic heterocycles. The molecule has 0 saturated heterocycles. The summed E-state index contributed by atoms with van der Waals surface area (Å²) < 4.78 is 6.06. The van der Waals surface area contributed by atoms with Crippen molar-refractivity contribution >= 4 is 36.1 Å². The smallest absolute Gasteiger partial charge is 0.492 e. The molecule has 9 nitrogen and oxygen atoms in total. The highest BCUT2D eigenvalue weighted by Gasteiger charge is 2.23. The Morgan fingerprint density at radius 1 is 1.05 bits per heavy atom. The molecule has 4 N–H and O–H groups in total. The van der Waals surface area contributed by atoms with Crippen LogP contribution in [0.4, 0.5) is 4.79 Å². The summed E-state index contributed by atoms with van der Waals surface area (Å²) in [5, 5.41) is 27.4. The van der Waals surface area contributed by atoms with Crippen LogP contribution in [-0.4, -0.2) is 76.2 Å². The van der Waals surface area contributed by atoms with Gasteiger partial charge in [-0.1, -0.05) is 48.9 Å². The van der Waals surface area contributed by atoms with E-state index in [0.717, 1.165) is 54.6 Å². The number of hydrogen-bond acceptors (Lipinski definition) is 6. The molecule has 4 rings (SSSR count). The fourth-order valence-electron chi connectivity index (χ4n) is 4.81. The number of amides is 1. The maximum atomic E-state index is 13.2. The zero-order valence-corrected chi connectivity index (χ0v) is 26.3. The van der Waals surface area contributed by atoms with Crippen molar-refractivity contribution in [3.05, 3.63) is 70.9 Å². The first-order chi connectivity index (χ1) is 20.1. The van der Waals surface area contributed by atoms with E-state index in [1.54, 1.807) is 6.07 Å². The monoisotopic (exact) mass is 633 g/mol. The van der Waals surface area contributed by atoms with Gasteiger partial charge in [-0.25, -0.2) is 9.78 Å². The maximum Gasteiger partial charge on any atom is 0.503 e. The molecule has 1 aromatic heterocycles. The summed E-state index contributed by atoms with van der Waals surface area (Å²) >= 11 is 6.50. The van der Waals surface area contributed by atoms with Crippen molar-refractivity contribution in [1.82, 2.24) is 15.2 Å². The number of halogens is 2. The van der Waals surface area contributed by atoms with Crippen molar-refractivity contribution in [2.45, 2.75) is 58.1 Å². The first-order valence-electron chi connectivity index (χ1n) is 14.2. The average molecular weight is 635 g/mol. The Bertz CT molecular complexity index is 1340. The number of aliphatic hydroxyl groups is 1. The Labute approximate surface area is 264 Å². The lowest BCUT2D eigenvalue weighted by atomic mass is 9.93. The van der Waals surface area contributed by atoms with Gasteiger partial charge in [0.1, 0.15) is 11.4 Å². The predicted octanol–water partition coefficient (Wildman–Crippen LogP) is 6.78. The summed E-state index contributed by atoms with van der Waals surface area (Å²) in [5.74, 6) is 0.408. The Balaban J connectivity index is 0.00000121. The molecule has 2 aromatic carbocycles. The normalized spacial score (nSPS) is 16.0. The van der Waals surface area contributed by atoms with E-state index >= 15 is 0 Å². The number of carbonyl (C=O) groups is 2. The molecule has 11 heteroatoms. The molecular formula is C32H41Cl2N3O6. The Morgan fingerprint density at radius 3 is 2.37 bits per heavy atom. The minimum Gasteiger partial charge on any atom is -0.492 e. The van der Waals surface area contributed by atoms with E-state index in [1.807, 2.05) is 36.4 Å². The van der Waals surface area contributed by atoms with Crippen molar-refractivity contribution in [3.8, 4) is 28.1 Å². The third kappa shape index (κ3) is 11.0. The molecule has 3 aromatic rings. The number of aryl methyl sites for hydroxylation is 1. The molecule has 1 amide bonds. The van der Waals surface area contributed by atoms with Crippen LogP contribution in [0.5, 0.6) is 5.75 Å². The number of aliphatic hydroxyl groups excluding tert-OH is 1. The van der Waals surface area contributed by atoms with Gasteiger partial charge in [0.15, 0.2) is 0 Å². The van der Waals surface area contributed by atoms with Gasteiger partial charge < -0.3 is 30.3 Å². The van der Waals surface area contributed by atoms with Gasteiger partial charge in [0.25, 0.3) is 5.91 Å². The molecule has 1 aliphatic rings. The number of pyridine rings is 1. The van der Waals surface area contributed by atoms with E-state index in [4.69, 9.17) is 36.3 Å². The van der Waals surface area contributed by atoms with E-state index in [1.165, 1.54) is 0 Å². The van der Waals surface area contributed by atoms with Gasteiger partial charge in [0.05, 0.1) is 23.4 Å². The van der Waals surface area contributed by atoms with Gasteiger partial charge >= 0.3 is 6.16 Å². The average Bonchev–Trinajstić information content (AvgIpc) is 2.97. The third-order valence-corrected chi connectivity index (χ3v) is 7.59. The maximum absolute atomic E-state index is 13.2. The lowest BCUT2D eigenvalue weighted by Crippen LogP contribution is -2.38. The standard InChI is InChI=1S/C31H38ClN3O3.CH2O3.ClH/c1-4-35(3)18-7-19-38-29-20-22(10-16-27(29)32)30-26(25-9-6-5-8-21(25)2)15-17-28(34-30)31(37)33-23-11-13-24(36)14-12-23;2-1(3)4;/h5-6,8-10,15-17,20,23-24,36H,4,7,11-14,18-19H2,1-3H3,(H,33,37);(H2,2,3,4);1H. The van der Waals surface area contributed by atoms with E-state index in [2.05, 4.69) is 43.2 Å². The molecule has 0 bridgehead atoms. The van der Waals surface area contributed by atoms with Gasteiger partial charge in [-0.2, -0.15) is 0 Å². The number of rotatable bonds is 10. The topological polar surface area (TPSA) is 132 Å². The molecule has 1 fully saturated rings. The number of carbonyl (C=O) groups excluding carboxylic acids is 1. The Hall–Kier alpha value is -3.37. The summed E-state index contributed by atoms with van der Waals surface area (Å²) in [6, 6.07) is 17.6. The van der Waals surface area contributed by atoms with Crippen LogP contribution >= 0.6 is 24.0 Å². The third-order valence-electron chi connectivity index (χ3n) is 7.28. The van der Waals surface area contributed by atoms with Crippen LogP contribution < -0.4 is 10.1 Å².